The number of amides is 1. The molecular formula is C36H69NO6S. The molecule has 0 aromatic heterocycles. The van der Waals surface area contributed by atoms with Crippen LogP contribution in [-0.4, -0.2) is 53.1 Å². The Bertz CT molecular complexity index is 813. The molecule has 0 bridgehead atoms. The maximum absolute atomic E-state index is 12.5. The third-order valence-electron chi connectivity index (χ3n) is 8.23. The molecule has 1 amide bonds. The minimum Gasteiger partial charge on any atom is -0.387 e. The molecule has 3 unspecified atom stereocenters. The number of unbranched alkanes of at least 4 members (excludes halogenated alkanes) is 21. The summed E-state index contributed by atoms with van der Waals surface area (Å²) in [5.74, 6) is -1.55. The molecule has 0 aromatic rings. The van der Waals surface area contributed by atoms with Gasteiger partial charge in [0, 0.05) is 0 Å². The maximum Gasteiger partial charge on any atom is 0.267 e. The van der Waals surface area contributed by atoms with Gasteiger partial charge in [0.1, 0.15) is 6.10 Å². The van der Waals surface area contributed by atoms with Crippen LogP contribution in [0.5, 0.6) is 0 Å². The molecule has 0 aliphatic rings. The topological polar surface area (TPSA) is 124 Å². The van der Waals surface area contributed by atoms with E-state index in [1.807, 2.05) is 0 Å². The van der Waals surface area contributed by atoms with Crippen molar-refractivity contribution in [2.75, 3.05) is 5.75 Å². The lowest BCUT2D eigenvalue weighted by molar-refractivity contribution is -0.130. The van der Waals surface area contributed by atoms with Crippen LogP contribution in [0.25, 0.3) is 0 Å². The Kier molecular flexibility index (Phi) is 29.6. The molecule has 8 heteroatoms. The molecule has 4 N–H and O–H groups in total. The standard InChI is InChI=1S/C36H69NO6S/c1-3-5-7-9-11-13-15-17-18-19-21-23-25-27-29-31-35(39)36(40)37-33(32-44(41,42)43)34(38)30-28-26-24-22-20-16-14-12-10-8-6-4-2/h18-19,28,30,33-35,38-39H,3-17,20-27,29,31-32H2,1-2H3,(H,37,40)(H,41,42,43)/b19-18-,30-28+. The van der Waals surface area contributed by atoms with Crippen molar-refractivity contribution in [3.05, 3.63) is 24.3 Å². The van der Waals surface area contributed by atoms with Crippen LogP contribution in [0.15, 0.2) is 24.3 Å². The molecule has 0 fully saturated rings. The Morgan fingerprint density at radius 3 is 1.43 bits per heavy atom. The summed E-state index contributed by atoms with van der Waals surface area (Å²) in [6, 6.07) is -1.23. The Morgan fingerprint density at radius 2 is 1.00 bits per heavy atom. The number of hydrogen-bond acceptors (Lipinski definition) is 5. The first kappa shape index (κ1) is 42.8. The minimum atomic E-state index is -4.43. The maximum atomic E-state index is 12.5. The summed E-state index contributed by atoms with van der Waals surface area (Å²) in [6.45, 7) is 4.47. The minimum absolute atomic E-state index is 0.267. The molecule has 0 saturated heterocycles. The van der Waals surface area contributed by atoms with Crippen LogP contribution in [0.4, 0.5) is 0 Å². The van der Waals surface area contributed by atoms with Crippen molar-refractivity contribution >= 4 is 16.0 Å². The second kappa shape index (κ2) is 30.4. The van der Waals surface area contributed by atoms with E-state index in [0.29, 0.717) is 6.42 Å². The van der Waals surface area contributed by atoms with Crippen molar-refractivity contribution in [2.45, 2.75) is 193 Å². The SMILES string of the molecule is CCCCCCCCC/C=C\CCCCCCC(O)C(=O)NC(CS(=O)(=O)O)C(O)/C=C/CCCCCCCCCCCC. The van der Waals surface area contributed by atoms with Gasteiger partial charge in [0.15, 0.2) is 0 Å². The molecule has 3 atom stereocenters. The predicted molar refractivity (Wildman–Crippen MR) is 185 cm³/mol. The first-order valence-electron chi connectivity index (χ1n) is 18.1. The molecule has 7 nitrogen and oxygen atoms in total. The van der Waals surface area contributed by atoms with Crippen LogP contribution in [0.1, 0.15) is 174 Å². The van der Waals surface area contributed by atoms with Gasteiger partial charge in [0.05, 0.1) is 17.9 Å². The van der Waals surface area contributed by atoms with Crippen LogP contribution in [-0.2, 0) is 14.9 Å². The summed E-state index contributed by atoms with van der Waals surface area (Å²) in [7, 11) is -4.43. The normalized spacial score (nSPS) is 14.4. The van der Waals surface area contributed by atoms with E-state index in [1.165, 1.54) is 102 Å². The van der Waals surface area contributed by atoms with Gasteiger partial charge in [-0.2, -0.15) is 8.42 Å². The third-order valence-corrected chi connectivity index (χ3v) is 9.01. The molecule has 0 heterocycles. The summed E-state index contributed by atoms with van der Waals surface area (Å²) < 4.78 is 32.3. The summed E-state index contributed by atoms with van der Waals surface area (Å²) in [5.41, 5.74) is 0. The molecule has 0 aromatic carbocycles. The van der Waals surface area contributed by atoms with Crippen LogP contribution in [0, 0.1) is 0 Å². The number of carbonyl (C=O) groups excluding carboxylic acids is 1. The van der Waals surface area contributed by atoms with Crippen LogP contribution in [0.3, 0.4) is 0 Å². The summed E-state index contributed by atoms with van der Waals surface area (Å²) in [6.07, 6.45) is 33.7. The third kappa shape index (κ3) is 29.5. The van der Waals surface area contributed by atoms with Gasteiger partial charge in [-0.05, 0) is 44.9 Å². The zero-order valence-electron chi connectivity index (χ0n) is 28.4. The predicted octanol–water partition coefficient (Wildman–Crippen LogP) is 8.99. The molecule has 0 aliphatic carbocycles. The lowest BCUT2D eigenvalue weighted by Gasteiger charge is -2.22. The highest BCUT2D eigenvalue weighted by Gasteiger charge is 2.27. The van der Waals surface area contributed by atoms with Gasteiger partial charge in [0.25, 0.3) is 10.1 Å². The van der Waals surface area contributed by atoms with E-state index >= 15 is 0 Å². The van der Waals surface area contributed by atoms with Crippen LogP contribution in [0.2, 0.25) is 0 Å². The fourth-order valence-electron chi connectivity index (χ4n) is 5.39. The van der Waals surface area contributed by atoms with Crippen molar-refractivity contribution in [3.63, 3.8) is 0 Å². The van der Waals surface area contributed by atoms with Gasteiger partial charge in [0.2, 0.25) is 5.91 Å². The van der Waals surface area contributed by atoms with E-state index in [2.05, 4.69) is 31.3 Å². The van der Waals surface area contributed by atoms with E-state index in [0.717, 1.165) is 51.4 Å². The van der Waals surface area contributed by atoms with Crippen molar-refractivity contribution in [1.82, 2.24) is 5.32 Å². The number of nitrogens with one attached hydrogen (secondary N) is 1. The van der Waals surface area contributed by atoms with E-state index in [-0.39, 0.29) is 6.42 Å². The smallest absolute Gasteiger partial charge is 0.267 e. The van der Waals surface area contributed by atoms with Crippen molar-refractivity contribution in [2.24, 2.45) is 0 Å². The molecule has 0 aliphatic heterocycles. The van der Waals surface area contributed by atoms with Crippen molar-refractivity contribution in [3.8, 4) is 0 Å². The summed E-state index contributed by atoms with van der Waals surface area (Å²) in [5, 5.41) is 23.3. The average molecular weight is 644 g/mol. The number of carbonyl (C=O) groups is 1. The Labute approximate surface area is 271 Å². The van der Waals surface area contributed by atoms with Gasteiger partial charge in [-0.15, -0.1) is 0 Å². The lowest BCUT2D eigenvalue weighted by Crippen LogP contribution is -2.50. The number of aliphatic hydroxyl groups excluding tert-OH is 2. The summed E-state index contributed by atoms with van der Waals surface area (Å²) >= 11 is 0. The highest BCUT2D eigenvalue weighted by molar-refractivity contribution is 7.85. The van der Waals surface area contributed by atoms with Gasteiger partial charge in [-0.3, -0.25) is 9.35 Å². The van der Waals surface area contributed by atoms with Crippen LogP contribution >= 0.6 is 0 Å². The Balaban J connectivity index is 4.14. The van der Waals surface area contributed by atoms with E-state index in [9.17, 15) is 28.0 Å². The highest BCUT2D eigenvalue weighted by Crippen LogP contribution is 2.13. The average Bonchev–Trinajstić information content (AvgIpc) is 2.98. The first-order valence-corrected chi connectivity index (χ1v) is 19.8. The van der Waals surface area contributed by atoms with Gasteiger partial charge in [-0.1, -0.05) is 154 Å². The molecule has 0 radical (unpaired) electrons. The summed E-state index contributed by atoms with van der Waals surface area (Å²) in [4.78, 5) is 12.5. The number of rotatable bonds is 32. The largest absolute Gasteiger partial charge is 0.387 e. The Hall–Kier alpha value is -1.22. The fourth-order valence-corrected chi connectivity index (χ4v) is 6.12. The number of hydrogen-bond donors (Lipinski definition) is 4. The van der Waals surface area contributed by atoms with E-state index in [1.54, 1.807) is 6.08 Å². The van der Waals surface area contributed by atoms with Gasteiger partial charge in [-0.25, -0.2) is 0 Å². The zero-order valence-corrected chi connectivity index (χ0v) is 29.2. The highest BCUT2D eigenvalue weighted by atomic mass is 32.2. The molecule has 260 valence electrons. The van der Waals surface area contributed by atoms with E-state index in [4.69, 9.17) is 0 Å². The monoisotopic (exact) mass is 643 g/mol. The first-order chi connectivity index (χ1) is 21.2. The molecule has 0 rings (SSSR count). The molecule has 0 saturated carbocycles. The van der Waals surface area contributed by atoms with Crippen LogP contribution < -0.4 is 5.32 Å². The van der Waals surface area contributed by atoms with Crippen molar-refractivity contribution in [1.29, 1.82) is 0 Å². The van der Waals surface area contributed by atoms with Crippen molar-refractivity contribution < 1.29 is 28.0 Å². The zero-order chi connectivity index (χ0) is 32.7. The second-order valence-electron chi connectivity index (χ2n) is 12.6. The van der Waals surface area contributed by atoms with Gasteiger partial charge < -0.3 is 15.5 Å². The number of aliphatic hydroxyl groups is 2. The lowest BCUT2D eigenvalue weighted by atomic mass is 10.0. The molecule has 0 spiro atoms. The quantitative estimate of drug-likeness (QED) is 0.0329. The fraction of sp³-hybridized carbons (Fsp3) is 0.861. The van der Waals surface area contributed by atoms with E-state index < -0.39 is 40.0 Å². The molecule has 44 heavy (non-hydrogen) atoms. The van der Waals surface area contributed by atoms with Gasteiger partial charge >= 0.3 is 0 Å². The molecular weight excluding hydrogens is 574 g/mol. The Morgan fingerprint density at radius 1 is 0.614 bits per heavy atom. The number of allylic oxidation sites excluding steroid dienone is 3. The second-order valence-corrected chi connectivity index (χ2v) is 14.1.